The lowest BCUT2D eigenvalue weighted by molar-refractivity contribution is -0.162. The Kier molecular flexibility index (Phi) is 7.06. The van der Waals surface area contributed by atoms with Crippen molar-refractivity contribution in [2.45, 2.75) is 31.7 Å². The maximum absolute atomic E-state index is 14.0. The number of amides is 4. The molecule has 2 N–H and O–H groups in total. The molecule has 9 nitrogen and oxygen atoms in total. The molecular weight excluding hydrogens is 558 g/mol. The van der Waals surface area contributed by atoms with Gasteiger partial charge in [-0.15, -0.1) is 0 Å². The van der Waals surface area contributed by atoms with Crippen molar-refractivity contribution in [3.05, 3.63) is 106 Å². The fourth-order valence-electron chi connectivity index (χ4n) is 6.71. The minimum atomic E-state index is -1.21. The molecule has 4 aliphatic rings. The first kappa shape index (κ1) is 27.7. The molecule has 3 atom stereocenters. The van der Waals surface area contributed by atoms with Crippen molar-refractivity contribution in [3.63, 3.8) is 0 Å². The summed E-state index contributed by atoms with van der Waals surface area (Å²) in [6, 6.07) is 20.6. The number of hydrogen-bond donors (Lipinski definition) is 2. The molecule has 10 heteroatoms. The van der Waals surface area contributed by atoms with Crippen LogP contribution in [0, 0.1) is 17.8 Å². The zero-order valence-electron chi connectivity index (χ0n) is 22.9. The lowest BCUT2D eigenvalue weighted by atomic mass is 9.55. The van der Waals surface area contributed by atoms with Crippen molar-refractivity contribution in [2.75, 3.05) is 6.61 Å². The standard InChI is InChI=1S/C32H28ClN3O6/c1-16(2)28(32(41)42-15-23(37)34-35-29(38)17-11-13-18(33)14-12-17)36-30(39)26-24-19-7-3-4-8-20(19)25(27(26)31(36)40)22-10-6-5-9-21(22)24/h3-14,16,24-28H,15H2,1-2H3,(H,34,37)(H,35,38)/t24?,25?,26-,27+,28-/m1/s1. The molecule has 7 rings (SSSR count). The molecule has 214 valence electrons. The number of nitrogens with one attached hydrogen (secondary N) is 2. The normalized spacial score (nSPS) is 22.2. The van der Waals surface area contributed by atoms with E-state index in [1.54, 1.807) is 13.8 Å². The van der Waals surface area contributed by atoms with E-state index in [-0.39, 0.29) is 17.4 Å². The number of imide groups is 1. The van der Waals surface area contributed by atoms with Gasteiger partial charge >= 0.3 is 5.97 Å². The molecule has 42 heavy (non-hydrogen) atoms. The minimum absolute atomic E-state index is 0.266. The smallest absolute Gasteiger partial charge is 0.330 e. The second kappa shape index (κ2) is 10.7. The number of hydrazine groups is 1. The predicted octanol–water partition coefficient (Wildman–Crippen LogP) is 3.56. The molecule has 0 saturated carbocycles. The van der Waals surface area contributed by atoms with Crippen molar-refractivity contribution in [2.24, 2.45) is 17.8 Å². The summed E-state index contributed by atoms with van der Waals surface area (Å²) >= 11 is 5.83. The average Bonchev–Trinajstić information content (AvgIpc) is 3.25. The van der Waals surface area contributed by atoms with Gasteiger partial charge in [-0.05, 0) is 52.4 Å². The predicted molar refractivity (Wildman–Crippen MR) is 152 cm³/mol. The lowest BCUT2D eigenvalue weighted by Gasteiger charge is -2.45. The SMILES string of the molecule is CC(C)[C@H](C(=O)OCC(=O)NNC(=O)c1ccc(Cl)cc1)N1C(=O)[C@@H]2C3c4ccccc4C(c4ccccc43)[C@@H]2C1=O. The van der Waals surface area contributed by atoms with E-state index < -0.39 is 60.0 Å². The molecule has 0 aromatic heterocycles. The number of esters is 1. The van der Waals surface area contributed by atoms with Crippen molar-refractivity contribution >= 4 is 41.2 Å². The van der Waals surface area contributed by atoms with Crippen LogP contribution in [-0.2, 0) is 23.9 Å². The first-order valence-corrected chi connectivity index (χ1v) is 14.1. The van der Waals surface area contributed by atoms with Gasteiger partial charge in [-0.3, -0.25) is 34.9 Å². The van der Waals surface area contributed by atoms with Gasteiger partial charge in [0.1, 0.15) is 6.04 Å². The van der Waals surface area contributed by atoms with Crippen LogP contribution in [0.3, 0.4) is 0 Å². The average molecular weight is 586 g/mol. The number of carbonyl (C=O) groups is 5. The van der Waals surface area contributed by atoms with Crippen LogP contribution in [0.1, 0.15) is 58.3 Å². The Bertz CT molecular complexity index is 1500. The third-order valence-corrected chi connectivity index (χ3v) is 8.65. The van der Waals surface area contributed by atoms with E-state index in [0.29, 0.717) is 5.02 Å². The van der Waals surface area contributed by atoms with Gasteiger partial charge in [0.15, 0.2) is 6.61 Å². The molecule has 1 saturated heterocycles. The van der Waals surface area contributed by atoms with E-state index in [1.807, 2.05) is 48.5 Å². The van der Waals surface area contributed by atoms with Crippen molar-refractivity contribution in [3.8, 4) is 0 Å². The fraction of sp³-hybridized carbons (Fsp3) is 0.281. The van der Waals surface area contributed by atoms with E-state index in [9.17, 15) is 24.0 Å². The highest BCUT2D eigenvalue weighted by atomic mass is 35.5. The Labute approximate surface area is 247 Å². The number of nitrogens with zero attached hydrogens (tertiary/aromatic N) is 1. The number of hydrogen-bond acceptors (Lipinski definition) is 6. The summed E-state index contributed by atoms with van der Waals surface area (Å²) < 4.78 is 5.27. The maximum Gasteiger partial charge on any atom is 0.330 e. The van der Waals surface area contributed by atoms with E-state index in [4.69, 9.17) is 16.3 Å². The van der Waals surface area contributed by atoms with Crippen LogP contribution < -0.4 is 10.9 Å². The second-order valence-corrected chi connectivity index (χ2v) is 11.6. The number of rotatable bonds is 6. The summed E-state index contributed by atoms with van der Waals surface area (Å²) in [5, 5.41) is 0.457. The first-order chi connectivity index (χ1) is 20.2. The summed E-state index contributed by atoms with van der Waals surface area (Å²) in [7, 11) is 0. The second-order valence-electron chi connectivity index (χ2n) is 11.1. The molecule has 3 aromatic carbocycles. The van der Waals surface area contributed by atoms with E-state index >= 15 is 0 Å². The van der Waals surface area contributed by atoms with Gasteiger partial charge in [-0.25, -0.2) is 4.79 Å². The number of carbonyl (C=O) groups excluding carboxylic acids is 5. The molecule has 3 aliphatic carbocycles. The number of benzene rings is 3. The summed E-state index contributed by atoms with van der Waals surface area (Å²) in [5.41, 5.74) is 8.83. The molecule has 0 spiro atoms. The van der Waals surface area contributed by atoms with E-state index in [2.05, 4.69) is 10.9 Å². The van der Waals surface area contributed by atoms with Gasteiger partial charge in [0, 0.05) is 22.4 Å². The van der Waals surface area contributed by atoms with E-state index in [1.165, 1.54) is 24.3 Å². The van der Waals surface area contributed by atoms with Gasteiger partial charge in [0.2, 0.25) is 11.8 Å². The highest BCUT2D eigenvalue weighted by Gasteiger charge is 2.63. The fourth-order valence-corrected chi connectivity index (χ4v) is 6.83. The molecule has 4 amide bonds. The summed E-state index contributed by atoms with van der Waals surface area (Å²) in [6.45, 7) is 2.73. The summed E-state index contributed by atoms with van der Waals surface area (Å²) in [6.07, 6.45) is 0. The molecule has 2 bridgehead atoms. The Hall–Kier alpha value is -4.50. The third-order valence-electron chi connectivity index (χ3n) is 8.40. The molecule has 1 aliphatic heterocycles. The van der Waals surface area contributed by atoms with Crippen LogP contribution >= 0.6 is 11.6 Å². The third kappa shape index (κ3) is 4.44. The highest BCUT2D eigenvalue weighted by Crippen LogP contribution is 2.61. The first-order valence-electron chi connectivity index (χ1n) is 13.7. The number of halogens is 1. The van der Waals surface area contributed by atoms with Crippen LogP contribution in [0.2, 0.25) is 5.02 Å². The van der Waals surface area contributed by atoms with Gasteiger partial charge in [-0.1, -0.05) is 74.0 Å². The van der Waals surface area contributed by atoms with Crippen LogP contribution in [-0.4, -0.2) is 47.1 Å². The molecular formula is C32H28ClN3O6. The monoisotopic (exact) mass is 585 g/mol. The molecule has 0 radical (unpaired) electrons. The Morgan fingerprint density at radius 2 is 1.26 bits per heavy atom. The molecule has 3 aromatic rings. The zero-order chi connectivity index (χ0) is 29.7. The minimum Gasteiger partial charge on any atom is -0.454 e. The lowest BCUT2D eigenvalue weighted by Crippen LogP contribution is -2.50. The van der Waals surface area contributed by atoms with Crippen LogP contribution in [0.25, 0.3) is 0 Å². The van der Waals surface area contributed by atoms with Crippen molar-refractivity contribution < 1.29 is 28.7 Å². The van der Waals surface area contributed by atoms with Crippen LogP contribution in [0.4, 0.5) is 0 Å². The van der Waals surface area contributed by atoms with Crippen LogP contribution in [0.5, 0.6) is 0 Å². The summed E-state index contributed by atoms with van der Waals surface area (Å²) in [4.78, 5) is 67.1. The van der Waals surface area contributed by atoms with Crippen LogP contribution in [0.15, 0.2) is 72.8 Å². The zero-order valence-corrected chi connectivity index (χ0v) is 23.6. The Morgan fingerprint density at radius 1 is 0.786 bits per heavy atom. The Balaban J connectivity index is 1.18. The highest BCUT2D eigenvalue weighted by molar-refractivity contribution is 6.30. The molecule has 0 unspecified atom stereocenters. The molecule has 1 heterocycles. The largest absolute Gasteiger partial charge is 0.454 e. The Morgan fingerprint density at radius 3 is 1.71 bits per heavy atom. The van der Waals surface area contributed by atoms with Crippen molar-refractivity contribution in [1.29, 1.82) is 0 Å². The number of ether oxygens (including phenoxy) is 1. The van der Waals surface area contributed by atoms with Gasteiger partial charge < -0.3 is 4.74 Å². The van der Waals surface area contributed by atoms with Gasteiger partial charge in [-0.2, -0.15) is 0 Å². The number of likely N-dealkylation sites (tertiary alicyclic amines) is 1. The van der Waals surface area contributed by atoms with Gasteiger partial charge in [0.25, 0.3) is 11.8 Å². The quantitative estimate of drug-likeness (QED) is 0.259. The van der Waals surface area contributed by atoms with E-state index in [0.717, 1.165) is 27.2 Å². The molecule has 1 fully saturated rings. The topological polar surface area (TPSA) is 122 Å². The summed E-state index contributed by atoms with van der Waals surface area (Å²) in [5.74, 6) is -5.38. The van der Waals surface area contributed by atoms with Crippen molar-refractivity contribution in [1.82, 2.24) is 15.8 Å². The maximum atomic E-state index is 14.0. The van der Waals surface area contributed by atoms with Gasteiger partial charge in [0.05, 0.1) is 11.8 Å².